The zero-order chi connectivity index (χ0) is 12.4. The average molecular weight is 320 g/mol. The molecule has 0 atom stereocenters. The van der Waals surface area contributed by atoms with Gasteiger partial charge in [0.25, 0.3) is 5.56 Å². The van der Waals surface area contributed by atoms with E-state index in [1.54, 1.807) is 12.1 Å². The van der Waals surface area contributed by atoms with Gasteiger partial charge in [-0.2, -0.15) is 0 Å². The lowest BCUT2D eigenvalue weighted by Gasteiger charge is -2.01. The van der Waals surface area contributed by atoms with E-state index in [1.165, 1.54) is 16.8 Å². The summed E-state index contributed by atoms with van der Waals surface area (Å²) < 4.78 is 14.1. The maximum atomic E-state index is 12.7. The molecule has 0 fully saturated rings. The van der Waals surface area contributed by atoms with Crippen LogP contribution in [0.25, 0.3) is 0 Å². The number of alkyl halides is 1. The molecule has 0 saturated carbocycles. The van der Waals surface area contributed by atoms with Crippen molar-refractivity contribution >= 4 is 27.5 Å². The van der Waals surface area contributed by atoms with Crippen molar-refractivity contribution in [2.24, 2.45) is 0 Å². The molecule has 0 amide bonds. The smallest absolute Gasteiger partial charge is 0.285 e. The van der Waals surface area contributed by atoms with Crippen molar-refractivity contribution in [3.05, 3.63) is 56.7 Å². The van der Waals surface area contributed by atoms with Gasteiger partial charge in [0.05, 0.1) is 12.2 Å². The number of aromatic nitrogens is 2. The molecule has 1 N–H and O–H groups in total. The number of hydrogen-bond donors (Lipinski definition) is 1. The van der Waals surface area contributed by atoms with Crippen LogP contribution < -0.4 is 5.56 Å². The van der Waals surface area contributed by atoms with Gasteiger partial charge in [0, 0.05) is 5.33 Å². The minimum atomic E-state index is -0.299. The van der Waals surface area contributed by atoms with Crippen molar-refractivity contribution in [2.45, 2.75) is 11.9 Å². The second-order valence-electron chi connectivity index (χ2n) is 3.56. The maximum Gasteiger partial charge on any atom is 0.285 e. The molecule has 2 rings (SSSR count). The Labute approximate surface area is 110 Å². The van der Waals surface area contributed by atoms with Crippen molar-refractivity contribution in [3.8, 4) is 0 Å². The summed E-state index contributed by atoms with van der Waals surface area (Å²) in [6.45, 7) is 0.339. The lowest BCUT2D eigenvalue weighted by molar-refractivity contribution is 0.622. The van der Waals surface area contributed by atoms with Crippen molar-refractivity contribution in [1.82, 2.24) is 9.78 Å². The Morgan fingerprint density at radius 1 is 1.35 bits per heavy atom. The van der Waals surface area contributed by atoms with E-state index in [1.807, 2.05) is 0 Å². The largest absolute Gasteiger partial charge is 0.297 e. The van der Waals surface area contributed by atoms with Crippen molar-refractivity contribution in [3.63, 3.8) is 0 Å². The van der Waals surface area contributed by atoms with Crippen LogP contribution in [0.1, 0.15) is 11.3 Å². The van der Waals surface area contributed by atoms with E-state index in [-0.39, 0.29) is 16.4 Å². The van der Waals surface area contributed by atoms with E-state index >= 15 is 0 Å². The molecule has 0 radical (unpaired) electrons. The third-order valence-electron chi connectivity index (χ3n) is 2.36. The molecule has 2 aromatic rings. The summed E-state index contributed by atoms with van der Waals surface area (Å²) in [6.07, 6.45) is 0. The van der Waals surface area contributed by atoms with Crippen LogP contribution in [0.2, 0.25) is 5.02 Å². The first-order valence-corrected chi connectivity index (χ1v) is 6.39. The summed E-state index contributed by atoms with van der Waals surface area (Å²) in [5.74, 6) is -0.299. The molecule has 0 spiro atoms. The van der Waals surface area contributed by atoms with Gasteiger partial charge in [-0.3, -0.25) is 9.89 Å². The molecule has 0 unspecified atom stereocenters. The molecule has 3 nitrogen and oxygen atoms in total. The Hall–Kier alpha value is -1.07. The number of H-pyrrole nitrogens is 1. The third-order valence-corrected chi connectivity index (χ3v) is 3.31. The highest BCUT2D eigenvalue weighted by Gasteiger charge is 2.10. The Morgan fingerprint density at radius 2 is 2.00 bits per heavy atom. The van der Waals surface area contributed by atoms with E-state index in [9.17, 15) is 9.18 Å². The Morgan fingerprint density at radius 3 is 2.53 bits per heavy atom. The zero-order valence-electron chi connectivity index (χ0n) is 8.71. The number of aromatic amines is 1. The van der Waals surface area contributed by atoms with Gasteiger partial charge >= 0.3 is 0 Å². The third kappa shape index (κ3) is 2.61. The molecule has 0 saturated heterocycles. The summed E-state index contributed by atoms with van der Waals surface area (Å²) in [5, 5.41) is 3.56. The van der Waals surface area contributed by atoms with Crippen LogP contribution in [0.5, 0.6) is 0 Å². The van der Waals surface area contributed by atoms with Gasteiger partial charge in [0.1, 0.15) is 10.8 Å². The topological polar surface area (TPSA) is 37.8 Å². The lowest BCUT2D eigenvalue weighted by atomic mass is 10.2. The van der Waals surface area contributed by atoms with Crippen molar-refractivity contribution < 1.29 is 4.39 Å². The number of halogens is 3. The van der Waals surface area contributed by atoms with Crippen LogP contribution in [-0.2, 0) is 11.9 Å². The molecule has 1 aromatic heterocycles. The molecule has 17 heavy (non-hydrogen) atoms. The molecule has 0 aliphatic carbocycles. The molecular weight excluding hydrogens is 310 g/mol. The monoisotopic (exact) mass is 318 g/mol. The summed E-state index contributed by atoms with van der Waals surface area (Å²) in [7, 11) is 0. The summed E-state index contributed by atoms with van der Waals surface area (Å²) in [4.78, 5) is 11.7. The molecule has 1 aromatic carbocycles. The number of hydrogen-bond acceptors (Lipinski definition) is 1. The fraction of sp³-hybridized carbons (Fsp3) is 0.182. The van der Waals surface area contributed by atoms with Crippen molar-refractivity contribution in [1.29, 1.82) is 0 Å². The normalized spacial score (nSPS) is 10.8. The predicted octanol–water partition coefficient (Wildman–Crippen LogP) is 2.91. The van der Waals surface area contributed by atoms with Crippen LogP contribution in [0, 0.1) is 5.82 Å². The predicted molar refractivity (Wildman–Crippen MR) is 68.2 cm³/mol. The number of rotatable bonds is 3. The second kappa shape index (κ2) is 5.06. The number of nitrogens with one attached hydrogen (secondary N) is 1. The standard InChI is InChI=1S/C11H9BrClFN2O/c12-5-9-10(13)11(17)16(15-9)6-7-1-3-8(14)4-2-7/h1-4,15H,5-6H2. The van der Waals surface area contributed by atoms with Crippen LogP contribution in [0.3, 0.4) is 0 Å². The molecule has 0 bridgehead atoms. The molecule has 0 aliphatic rings. The van der Waals surface area contributed by atoms with Crippen LogP contribution >= 0.6 is 27.5 Å². The Kier molecular flexibility index (Phi) is 3.69. The quantitative estimate of drug-likeness (QED) is 0.868. The van der Waals surface area contributed by atoms with Gasteiger partial charge in [0.2, 0.25) is 0 Å². The minimum Gasteiger partial charge on any atom is -0.297 e. The van der Waals surface area contributed by atoms with E-state index in [4.69, 9.17) is 11.6 Å². The van der Waals surface area contributed by atoms with Crippen LogP contribution in [-0.4, -0.2) is 9.78 Å². The van der Waals surface area contributed by atoms with Crippen LogP contribution in [0.4, 0.5) is 4.39 Å². The first-order valence-electron chi connectivity index (χ1n) is 4.89. The van der Waals surface area contributed by atoms with E-state index in [2.05, 4.69) is 21.0 Å². The molecule has 6 heteroatoms. The number of nitrogens with zero attached hydrogens (tertiary/aromatic N) is 1. The fourth-order valence-corrected chi connectivity index (χ4v) is 2.26. The van der Waals surface area contributed by atoms with Gasteiger partial charge in [-0.05, 0) is 17.7 Å². The highest BCUT2D eigenvalue weighted by molar-refractivity contribution is 9.08. The first-order chi connectivity index (χ1) is 8.11. The molecule has 1 heterocycles. The Bertz CT molecular complexity index is 576. The fourth-order valence-electron chi connectivity index (χ4n) is 1.48. The first kappa shape index (κ1) is 12.4. The maximum absolute atomic E-state index is 12.7. The average Bonchev–Trinajstić information content (AvgIpc) is 2.60. The number of benzene rings is 1. The summed E-state index contributed by atoms with van der Waals surface area (Å²) in [5.41, 5.74) is 1.19. The van der Waals surface area contributed by atoms with E-state index in [0.29, 0.717) is 17.6 Å². The van der Waals surface area contributed by atoms with Gasteiger partial charge in [-0.1, -0.05) is 39.7 Å². The zero-order valence-corrected chi connectivity index (χ0v) is 11.1. The van der Waals surface area contributed by atoms with E-state index in [0.717, 1.165) is 5.56 Å². The van der Waals surface area contributed by atoms with E-state index < -0.39 is 0 Å². The highest BCUT2D eigenvalue weighted by atomic mass is 79.9. The van der Waals surface area contributed by atoms with Crippen LogP contribution in [0.15, 0.2) is 29.1 Å². The highest BCUT2D eigenvalue weighted by Crippen LogP contribution is 2.12. The van der Waals surface area contributed by atoms with Gasteiger partial charge < -0.3 is 0 Å². The Balaban J connectivity index is 2.30. The second-order valence-corrected chi connectivity index (χ2v) is 4.49. The molecular formula is C11H9BrClFN2O. The lowest BCUT2D eigenvalue weighted by Crippen LogP contribution is -2.17. The van der Waals surface area contributed by atoms with Crippen molar-refractivity contribution in [2.75, 3.05) is 0 Å². The minimum absolute atomic E-state index is 0.184. The SMILES string of the molecule is O=c1c(Cl)c(CBr)[nH]n1Cc1ccc(F)cc1. The molecule has 0 aliphatic heterocycles. The van der Waals surface area contributed by atoms with Gasteiger partial charge in [0.15, 0.2) is 0 Å². The van der Waals surface area contributed by atoms with Gasteiger partial charge in [-0.25, -0.2) is 9.07 Å². The molecule has 90 valence electrons. The van der Waals surface area contributed by atoms with Gasteiger partial charge in [-0.15, -0.1) is 0 Å². The summed E-state index contributed by atoms with van der Waals surface area (Å²) >= 11 is 9.08. The summed E-state index contributed by atoms with van der Waals surface area (Å²) in [6, 6.07) is 5.97.